The SMILES string of the molecule is CNC(CSc1ccccc1Cl)(C(N)=O)c1ccccc1. The summed E-state index contributed by atoms with van der Waals surface area (Å²) in [4.78, 5) is 13.0. The van der Waals surface area contributed by atoms with Gasteiger partial charge in [-0.3, -0.25) is 4.79 Å². The molecule has 0 radical (unpaired) electrons. The fourth-order valence-corrected chi connectivity index (χ4v) is 3.61. The third-order valence-corrected chi connectivity index (χ3v) is 5.08. The minimum absolute atomic E-state index is 0.407. The van der Waals surface area contributed by atoms with Crippen molar-refractivity contribution in [1.82, 2.24) is 5.32 Å². The van der Waals surface area contributed by atoms with Crippen molar-refractivity contribution in [1.29, 1.82) is 0 Å². The van der Waals surface area contributed by atoms with Crippen LogP contribution < -0.4 is 11.1 Å². The van der Waals surface area contributed by atoms with Crippen molar-refractivity contribution in [2.45, 2.75) is 10.4 Å². The third kappa shape index (κ3) is 3.40. The zero-order valence-electron chi connectivity index (χ0n) is 11.7. The minimum Gasteiger partial charge on any atom is -0.368 e. The average Bonchev–Trinajstić information content (AvgIpc) is 2.51. The molecule has 0 aliphatic carbocycles. The summed E-state index contributed by atoms with van der Waals surface area (Å²) in [6, 6.07) is 17.0. The van der Waals surface area contributed by atoms with Crippen LogP contribution in [0.2, 0.25) is 5.02 Å². The summed E-state index contributed by atoms with van der Waals surface area (Å²) < 4.78 is 0. The van der Waals surface area contributed by atoms with E-state index in [1.807, 2.05) is 54.6 Å². The average molecular weight is 321 g/mol. The van der Waals surface area contributed by atoms with E-state index >= 15 is 0 Å². The molecule has 0 aliphatic rings. The van der Waals surface area contributed by atoms with Gasteiger partial charge in [0, 0.05) is 10.6 Å². The quantitative estimate of drug-likeness (QED) is 0.804. The standard InChI is InChI=1S/C16H17ClN2OS/c1-19-16(15(18)20,12-7-3-2-4-8-12)11-21-14-10-6-5-9-13(14)17/h2-10,19H,11H2,1H3,(H2,18,20). The molecular formula is C16H17ClN2OS. The van der Waals surface area contributed by atoms with E-state index in [0.717, 1.165) is 10.5 Å². The van der Waals surface area contributed by atoms with E-state index in [2.05, 4.69) is 5.32 Å². The summed E-state index contributed by atoms with van der Waals surface area (Å²) in [6.45, 7) is 0. The molecule has 110 valence electrons. The highest BCUT2D eigenvalue weighted by Gasteiger charge is 2.37. The van der Waals surface area contributed by atoms with Gasteiger partial charge in [0.2, 0.25) is 5.91 Å². The first-order valence-electron chi connectivity index (χ1n) is 6.52. The van der Waals surface area contributed by atoms with Crippen molar-refractivity contribution in [2.75, 3.05) is 12.8 Å². The second-order valence-corrected chi connectivity index (χ2v) is 6.03. The molecule has 1 unspecified atom stereocenters. The van der Waals surface area contributed by atoms with Crippen LogP contribution in [0.1, 0.15) is 5.56 Å². The number of rotatable bonds is 6. The first-order valence-corrected chi connectivity index (χ1v) is 7.88. The second-order valence-electron chi connectivity index (χ2n) is 4.60. The lowest BCUT2D eigenvalue weighted by Gasteiger charge is -2.30. The van der Waals surface area contributed by atoms with E-state index in [4.69, 9.17) is 17.3 Å². The Bertz CT molecular complexity index is 621. The molecule has 2 rings (SSSR count). The van der Waals surface area contributed by atoms with Gasteiger partial charge in [-0.05, 0) is 24.7 Å². The number of carbonyl (C=O) groups excluding carboxylic acids is 1. The summed E-state index contributed by atoms with van der Waals surface area (Å²) in [5.41, 5.74) is 5.59. The zero-order chi connectivity index (χ0) is 15.3. The molecule has 0 fully saturated rings. The van der Waals surface area contributed by atoms with Gasteiger partial charge in [-0.15, -0.1) is 11.8 Å². The van der Waals surface area contributed by atoms with Gasteiger partial charge in [-0.25, -0.2) is 0 Å². The van der Waals surface area contributed by atoms with Gasteiger partial charge in [-0.1, -0.05) is 54.1 Å². The number of primary amides is 1. The Morgan fingerprint density at radius 3 is 2.38 bits per heavy atom. The maximum Gasteiger partial charge on any atom is 0.243 e. The molecular weight excluding hydrogens is 304 g/mol. The van der Waals surface area contributed by atoms with Crippen molar-refractivity contribution in [3.63, 3.8) is 0 Å². The molecule has 2 aromatic rings. The van der Waals surface area contributed by atoms with Gasteiger partial charge in [0.1, 0.15) is 5.54 Å². The molecule has 0 spiro atoms. The number of nitrogens with two attached hydrogens (primary N) is 1. The molecule has 3 N–H and O–H groups in total. The highest BCUT2D eigenvalue weighted by molar-refractivity contribution is 7.99. The van der Waals surface area contributed by atoms with E-state index in [9.17, 15) is 4.79 Å². The van der Waals surface area contributed by atoms with Gasteiger partial charge >= 0.3 is 0 Å². The van der Waals surface area contributed by atoms with Gasteiger partial charge < -0.3 is 11.1 Å². The van der Waals surface area contributed by atoms with Crippen molar-refractivity contribution in [2.24, 2.45) is 5.73 Å². The predicted molar refractivity (Wildman–Crippen MR) is 88.6 cm³/mol. The van der Waals surface area contributed by atoms with Crippen LogP contribution in [-0.2, 0) is 10.3 Å². The third-order valence-electron chi connectivity index (χ3n) is 3.39. The molecule has 1 atom stereocenters. The lowest BCUT2D eigenvalue weighted by atomic mass is 9.91. The van der Waals surface area contributed by atoms with E-state index < -0.39 is 11.4 Å². The van der Waals surface area contributed by atoms with Crippen LogP contribution in [0.5, 0.6) is 0 Å². The lowest BCUT2D eigenvalue weighted by Crippen LogP contribution is -2.53. The van der Waals surface area contributed by atoms with E-state index in [0.29, 0.717) is 10.8 Å². The number of amides is 1. The van der Waals surface area contributed by atoms with Gasteiger partial charge in [0.05, 0.1) is 5.02 Å². The van der Waals surface area contributed by atoms with Crippen molar-refractivity contribution in [3.8, 4) is 0 Å². The molecule has 1 amide bonds. The molecule has 0 saturated carbocycles. The summed E-state index contributed by atoms with van der Waals surface area (Å²) in [7, 11) is 1.74. The van der Waals surface area contributed by atoms with Crippen molar-refractivity contribution in [3.05, 3.63) is 65.2 Å². The first-order chi connectivity index (χ1) is 10.1. The number of hydrogen-bond acceptors (Lipinski definition) is 3. The Kier molecular flexibility index (Phi) is 5.28. The molecule has 0 saturated heterocycles. The lowest BCUT2D eigenvalue weighted by molar-refractivity contribution is -0.123. The van der Waals surface area contributed by atoms with Crippen LogP contribution in [0.3, 0.4) is 0 Å². The molecule has 0 heterocycles. The van der Waals surface area contributed by atoms with Crippen LogP contribution in [0.15, 0.2) is 59.5 Å². The second kappa shape index (κ2) is 6.98. The number of halogens is 1. The minimum atomic E-state index is -0.925. The smallest absolute Gasteiger partial charge is 0.243 e. The number of thioether (sulfide) groups is 1. The van der Waals surface area contributed by atoms with Crippen molar-refractivity contribution >= 4 is 29.3 Å². The van der Waals surface area contributed by atoms with Gasteiger partial charge in [0.25, 0.3) is 0 Å². The van der Waals surface area contributed by atoms with Crippen LogP contribution in [0, 0.1) is 0 Å². The highest BCUT2D eigenvalue weighted by atomic mass is 35.5. The summed E-state index contributed by atoms with van der Waals surface area (Å²) in [6.07, 6.45) is 0. The molecule has 2 aromatic carbocycles. The Morgan fingerprint density at radius 1 is 1.19 bits per heavy atom. The highest BCUT2D eigenvalue weighted by Crippen LogP contribution is 2.33. The largest absolute Gasteiger partial charge is 0.368 e. The summed E-state index contributed by atoms with van der Waals surface area (Å²) >= 11 is 7.67. The number of benzene rings is 2. The Labute approximate surface area is 133 Å². The van der Waals surface area contributed by atoms with Crippen LogP contribution >= 0.6 is 23.4 Å². The number of likely N-dealkylation sites (N-methyl/N-ethyl adjacent to an activating group) is 1. The van der Waals surface area contributed by atoms with E-state index in [1.54, 1.807) is 7.05 Å². The monoisotopic (exact) mass is 320 g/mol. The zero-order valence-corrected chi connectivity index (χ0v) is 13.2. The van der Waals surface area contributed by atoms with Crippen LogP contribution in [0.4, 0.5) is 0 Å². The Morgan fingerprint density at radius 2 is 1.81 bits per heavy atom. The fourth-order valence-electron chi connectivity index (χ4n) is 2.11. The number of hydrogen-bond donors (Lipinski definition) is 2. The maximum atomic E-state index is 12.1. The maximum absolute atomic E-state index is 12.1. The van der Waals surface area contributed by atoms with E-state index in [1.165, 1.54) is 11.8 Å². The number of nitrogens with one attached hydrogen (secondary N) is 1. The van der Waals surface area contributed by atoms with E-state index in [-0.39, 0.29) is 0 Å². The molecule has 0 aromatic heterocycles. The fraction of sp³-hybridized carbons (Fsp3) is 0.188. The predicted octanol–water partition coefficient (Wildman–Crippen LogP) is 3.03. The molecule has 0 aliphatic heterocycles. The van der Waals surface area contributed by atoms with Crippen molar-refractivity contribution < 1.29 is 4.79 Å². The normalized spacial score (nSPS) is 13.6. The molecule has 0 bridgehead atoms. The topological polar surface area (TPSA) is 55.1 Å². The van der Waals surface area contributed by atoms with Crippen LogP contribution in [0.25, 0.3) is 0 Å². The summed E-state index contributed by atoms with van der Waals surface area (Å²) in [5.74, 6) is 0.0582. The van der Waals surface area contributed by atoms with Crippen LogP contribution in [-0.4, -0.2) is 18.7 Å². The van der Waals surface area contributed by atoms with Gasteiger partial charge in [-0.2, -0.15) is 0 Å². The Balaban J connectivity index is 2.30. The molecule has 21 heavy (non-hydrogen) atoms. The molecule has 3 nitrogen and oxygen atoms in total. The summed E-state index contributed by atoms with van der Waals surface area (Å²) in [5, 5.41) is 3.75. The van der Waals surface area contributed by atoms with Gasteiger partial charge in [0.15, 0.2) is 0 Å². The Hall–Kier alpha value is -1.49. The first kappa shape index (κ1) is 15.9. The number of carbonyl (C=O) groups is 1. The molecule has 5 heteroatoms.